The molecular formula is C14H17F9O4. The molecular weight excluding hydrogens is 403 g/mol. The maximum atomic E-state index is 13.2. The van der Waals surface area contributed by atoms with Crippen LogP contribution in [0.5, 0.6) is 0 Å². The standard InChI is InChI=1S/C14H17F9O4/c1-3-8(2)10(25)27-6-4-9(24)26-7-5-11(15,16)12(17,18)13(19,20)14(21,22)23/h8H,3-7H2,1-2H3. The fraction of sp³-hybridized carbons (Fsp3) is 0.857. The van der Waals surface area contributed by atoms with Gasteiger partial charge in [0.2, 0.25) is 0 Å². The Morgan fingerprint density at radius 1 is 0.852 bits per heavy atom. The lowest BCUT2D eigenvalue weighted by Crippen LogP contribution is -2.61. The van der Waals surface area contributed by atoms with E-state index in [-0.39, 0.29) is 0 Å². The Balaban J connectivity index is 4.58. The Bertz CT molecular complexity index is 517. The first kappa shape index (κ1) is 25.3. The molecule has 0 saturated heterocycles. The van der Waals surface area contributed by atoms with Crippen molar-refractivity contribution in [2.75, 3.05) is 13.2 Å². The zero-order chi connectivity index (χ0) is 21.7. The molecule has 0 aromatic carbocycles. The van der Waals surface area contributed by atoms with E-state index in [9.17, 15) is 49.1 Å². The molecule has 0 amide bonds. The number of carbonyl (C=O) groups excluding carboxylic acids is 2. The van der Waals surface area contributed by atoms with Crippen LogP contribution in [0.15, 0.2) is 0 Å². The largest absolute Gasteiger partial charge is 0.465 e. The summed E-state index contributed by atoms with van der Waals surface area (Å²) in [5.74, 6) is -22.0. The Kier molecular flexibility index (Phi) is 8.44. The average Bonchev–Trinajstić information content (AvgIpc) is 2.52. The lowest BCUT2D eigenvalue weighted by atomic mass is 10.0. The van der Waals surface area contributed by atoms with Crippen LogP contribution in [0.25, 0.3) is 0 Å². The molecule has 0 radical (unpaired) electrons. The molecule has 0 heterocycles. The van der Waals surface area contributed by atoms with Crippen molar-refractivity contribution in [3.05, 3.63) is 0 Å². The number of carbonyl (C=O) groups is 2. The van der Waals surface area contributed by atoms with Gasteiger partial charge in [-0.15, -0.1) is 0 Å². The molecule has 0 spiro atoms. The third kappa shape index (κ3) is 6.16. The van der Waals surface area contributed by atoms with Crippen molar-refractivity contribution in [3.8, 4) is 0 Å². The van der Waals surface area contributed by atoms with Crippen molar-refractivity contribution in [1.82, 2.24) is 0 Å². The van der Waals surface area contributed by atoms with Crippen LogP contribution in [0.2, 0.25) is 0 Å². The third-order valence-corrected chi connectivity index (χ3v) is 3.45. The minimum atomic E-state index is -6.99. The van der Waals surface area contributed by atoms with Crippen LogP contribution in [0.4, 0.5) is 39.5 Å². The summed E-state index contributed by atoms with van der Waals surface area (Å²) in [5, 5.41) is 0. The highest BCUT2D eigenvalue weighted by Crippen LogP contribution is 2.53. The lowest BCUT2D eigenvalue weighted by molar-refractivity contribution is -0.397. The normalized spacial score (nSPS) is 14.6. The van der Waals surface area contributed by atoms with Gasteiger partial charge in [-0.1, -0.05) is 13.8 Å². The van der Waals surface area contributed by atoms with Gasteiger partial charge in [-0.2, -0.15) is 39.5 Å². The van der Waals surface area contributed by atoms with Gasteiger partial charge in [0.05, 0.1) is 25.4 Å². The van der Waals surface area contributed by atoms with Crippen molar-refractivity contribution in [3.63, 3.8) is 0 Å². The van der Waals surface area contributed by atoms with E-state index < -0.39 is 67.9 Å². The molecule has 13 heteroatoms. The summed E-state index contributed by atoms with van der Waals surface area (Å²) in [4.78, 5) is 22.4. The molecule has 4 nitrogen and oxygen atoms in total. The highest BCUT2D eigenvalue weighted by molar-refractivity contribution is 5.73. The fourth-order valence-corrected chi connectivity index (χ4v) is 1.47. The second-order valence-electron chi connectivity index (χ2n) is 5.55. The van der Waals surface area contributed by atoms with E-state index in [0.717, 1.165) is 0 Å². The summed E-state index contributed by atoms with van der Waals surface area (Å²) in [5.41, 5.74) is 0. The average molecular weight is 420 g/mol. The molecule has 0 aromatic heterocycles. The van der Waals surface area contributed by atoms with Crippen molar-refractivity contribution in [2.24, 2.45) is 5.92 Å². The molecule has 0 aromatic rings. The van der Waals surface area contributed by atoms with E-state index in [1.165, 1.54) is 6.92 Å². The quantitative estimate of drug-likeness (QED) is 0.389. The zero-order valence-electron chi connectivity index (χ0n) is 14.1. The van der Waals surface area contributed by atoms with Gasteiger partial charge in [0.25, 0.3) is 0 Å². The molecule has 0 N–H and O–H groups in total. The van der Waals surface area contributed by atoms with Crippen molar-refractivity contribution >= 4 is 11.9 Å². The van der Waals surface area contributed by atoms with E-state index in [0.29, 0.717) is 6.42 Å². The summed E-state index contributed by atoms with van der Waals surface area (Å²) in [6.45, 7) is 1.15. The molecule has 0 aliphatic heterocycles. The SMILES string of the molecule is CCC(C)C(=O)OCCC(=O)OCCC(F)(F)C(F)(F)C(F)(F)C(F)(F)F. The Morgan fingerprint density at radius 3 is 1.81 bits per heavy atom. The molecule has 160 valence electrons. The molecule has 0 fully saturated rings. The van der Waals surface area contributed by atoms with Crippen LogP contribution in [-0.2, 0) is 19.1 Å². The van der Waals surface area contributed by atoms with E-state index in [4.69, 9.17) is 0 Å². The molecule has 0 rings (SSSR count). The minimum Gasteiger partial charge on any atom is -0.465 e. The summed E-state index contributed by atoms with van der Waals surface area (Å²) < 4.78 is 122. The van der Waals surface area contributed by atoms with Gasteiger partial charge < -0.3 is 9.47 Å². The van der Waals surface area contributed by atoms with Gasteiger partial charge in [-0.3, -0.25) is 9.59 Å². The molecule has 1 unspecified atom stereocenters. The Hall–Kier alpha value is -1.69. The van der Waals surface area contributed by atoms with Crippen molar-refractivity contribution in [1.29, 1.82) is 0 Å². The van der Waals surface area contributed by atoms with Crippen LogP contribution < -0.4 is 0 Å². The van der Waals surface area contributed by atoms with E-state index in [1.54, 1.807) is 6.92 Å². The van der Waals surface area contributed by atoms with E-state index >= 15 is 0 Å². The van der Waals surface area contributed by atoms with Crippen molar-refractivity contribution in [2.45, 2.75) is 57.1 Å². The summed E-state index contributed by atoms with van der Waals surface area (Å²) in [6.07, 6.45) is -9.39. The molecule has 0 aliphatic carbocycles. The number of esters is 2. The smallest absolute Gasteiger partial charge is 0.460 e. The van der Waals surface area contributed by atoms with Gasteiger partial charge in [-0.25, -0.2) is 0 Å². The first-order valence-electron chi connectivity index (χ1n) is 7.53. The van der Waals surface area contributed by atoms with Gasteiger partial charge in [0.15, 0.2) is 0 Å². The maximum absolute atomic E-state index is 13.2. The summed E-state index contributed by atoms with van der Waals surface area (Å²) in [7, 11) is 0. The number of hydrogen-bond acceptors (Lipinski definition) is 4. The number of hydrogen-bond donors (Lipinski definition) is 0. The molecule has 0 saturated carbocycles. The number of rotatable bonds is 10. The molecule has 1 atom stereocenters. The zero-order valence-corrected chi connectivity index (χ0v) is 14.1. The fourth-order valence-electron chi connectivity index (χ4n) is 1.47. The predicted octanol–water partition coefficient (Wildman–Crippen LogP) is 4.37. The Morgan fingerprint density at radius 2 is 1.37 bits per heavy atom. The first-order valence-corrected chi connectivity index (χ1v) is 7.53. The number of alkyl halides is 9. The predicted molar refractivity (Wildman–Crippen MR) is 71.5 cm³/mol. The minimum absolute atomic E-state index is 0.440. The topological polar surface area (TPSA) is 52.6 Å². The highest BCUT2D eigenvalue weighted by atomic mass is 19.4. The highest BCUT2D eigenvalue weighted by Gasteiger charge is 2.81. The lowest BCUT2D eigenvalue weighted by Gasteiger charge is -2.33. The molecule has 0 aliphatic rings. The van der Waals surface area contributed by atoms with Gasteiger partial charge >= 0.3 is 35.9 Å². The van der Waals surface area contributed by atoms with Crippen LogP contribution in [0.3, 0.4) is 0 Å². The second-order valence-corrected chi connectivity index (χ2v) is 5.55. The maximum Gasteiger partial charge on any atom is 0.460 e. The molecule has 0 bridgehead atoms. The third-order valence-electron chi connectivity index (χ3n) is 3.45. The first-order chi connectivity index (χ1) is 12.0. The number of halogens is 9. The monoisotopic (exact) mass is 420 g/mol. The van der Waals surface area contributed by atoms with Crippen LogP contribution in [0.1, 0.15) is 33.1 Å². The van der Waals surface area contributed by atoms with Gasteiger partial charge in [0.1, 0.15) is 6.61 Å². The molecule has 27 heavy (non-hydrogen) atoms. The summed E-state index contributed by atoms with van der Waals surface area (Å²) >= 11 is 0. The Labute approximate surface area is 148 Å². The van der Waals surface area contributed by atoms with Gasteiger partial charge in [0, 0.05) is 0 Å². The summed E-state index contributed by atoms with van der Waals surface area (Å²) in [6, 6.07) is 0. The van der Waals surface area contributed by atoms with Crippen molar-refractivity contribution < 1.29 is 58.6 Å². The van der Waals surface area contributed by atoms with E-state index in [2.05, 4.69) is 9.47 Å². The van der Waals surface area contributed by atoms with Gasteiger partial charge in [-0.05, 0) is 6.42 Å². The second kappa shape index (κ2) is 9.00. The van der Waals surface area contributed by atoms with E-state index in [1.807, 2.05) is 0 Å². The van der Waals surface area contributed by atoms with Crippen LogP contribution in [0, 0.1) is 5.92 Å². The van der Waals surface area contributed by atoms with Crippen LogP contribution >= 0.6 is 0 Å². The van der Waals surface area contributed by atoms with Crippen LogP contribution in [-0.4, -0.2) is 49.1 Å². The number of ether oxygens (including phenoxy) is 2.